The molecule has 0 aliphatic heterocycles. The van der Waals surface area contributed by atoms with Crippen LogP contribution in [0.3, 0.4) is 0 Å². The number of rotatable bonds is 6. The van der Waals surface area contributed by atoms with E-state index in [1.807, 2.05) is 6.92 Å². The number of nitrogens with one attached hydrogen (secondary N) is 2. The maximum absolute atomic E-state index is 12.6. The number of aromatic nitrogens is 2. The lowest BCUT2D eigenvalue weighted by Crippen LogP contribution is -2.34. The fourth-order valence-electron chi connectivity index (χ4n) is 3.60. The van der Waals surface area contributed by atoms with Crippen molar-refractivity contribution in [3.63, 3.8) is 0 Å². The van der Waals surface area contributed by atoms with Crippen LogP contribution in [0.2, 0.25) is 0 Å². The third kappa shape index (κ3) is 3.76. The maximum Gasteiger partial charge on any atom is 0.328 e. The Morgan fingerprint density at radius 2 is 1.86 bits per heavy atom. The van der Waals surface area contributed by atoms with E-state index in [-0.39, 0.29) is 24.9 Å². The molecule has 1 aliphatic rings. The number of carbonyl (C=O) groups excluding carboxylic acids is 1. The van der Waals surface area contributed by atoms with Gasteiger partial charge in [0.2, 0.25) is 5.91 Å². The van der Waals surface area contributed by atoms with E-state index >= 15 is 0 Å². The van der Waals surface area contributed by atoms with E-state index < -0.39 is 11.2 Å². The number of amides is 1. The summed E-state index contributed by atoms with van der Waals surface area (Å²) in [5.74, 6) is 0.378. The molecule has 0 radical (unpaired) electrons. The molecule has 4 rings (SSSR count). The van der Waals surface area contributed by atoms with Crippen molar-refractivity contribution in [1.82, 2.24) is 14.9 Å². The van der Waals surface area contributed by atoms with Crippen LogP contribution in [0, 0.1) is 12.8 Å². The number of H-pyrrole nitrogens is 1. The largest absolute Gasteiger partial charge is 0.349 e. The molecule has 6 nitrogen and oxygen atoms in total. The zero-order valence-electron chi connectivity index (χ0n) is 15.8. The lowest BCUT2D eigenvalue weighted by Gasteiger charge is -2.19. The molecule has 0 saturated heterocycles. The number of aromatic amines is 1. The van der Waals surface area contributed by atoms with Gasteiger partial charge in [-0.25, -0.2) is 4.79 Å². The summed E-state index contributed by atoms with van der Waals surface area (Å²) >= 11 is 0. The second-order valence-corrected chi connectivity index (χ2v) is 7.47. The van der Waals surface area contributed by atoms with Gasteiger partial charge in [0.05, 0.1) is 16.9 Å². The van der Waals surface area contributed by atoms with Gasteiger partial charge in [-0.1, -0.05) is 42.0 Å². The molecule has 0 spiro atoms. The van der Waals surface area contributed by atoms with Crippen molar-refractivity contribution in [3.05, 3.63) is 80.5 Å². The minimum Gasteiger partial charge on any atom is -0.349 e. The van der Waals surface area contributed by atoms with Gasteiger partial charge < -0.3 is 5.32 Å². The van der Waals surface area contributed by atoms with Gasteiger partial charge in [-0.15, -0.1) is 0 Å². The Morgan fingerprint density at radius 1 is 1.14 bits per heavy atom. The van der Waals surface area contributed by atoms with Crippen LogP contribution in [0.1, 0.15) is 36.4 Å². The van der Waals surface area contributed by atoms with Crippen molar-refractivity contribution in [2.45, 2.75) is 38.8 Å². The SMILES string of the molecule is Cc1ccc(C(NC(=O)CCn2c(=O)[nH]c(=O)c3ccccc32)C2CC2)cc1. The number of hydrogen-bond acceptors (Lipinski definition) is 3. The number of fused-ring (bicyclic) bond motifs is 1. The molecule has 2 aromatic carbocycles. The molecule has 28 heavy (non-hydrogen) atoms. The van der Waals surface area contributed by atoms with E-state index in [0.717, 1.165) is 18.4 Å². The predicted octanol–water partition coefficient (Wildman–Crippen LogP) is 2.66. The highest BCUT2D eigenvalue weighted by Crippen LogP contribution is 2.41. The molecule has 1 fully saturated rings. The smallest absolute Gasteiger partial charge is 0.328 e. The van der Waals surface area contributed by atoms with E-state index in [0.29, 0.717) is 16.8 Å². The number of benzene rings is 2. The highest BCUT2D eigenvalue weighted by molar-refractivity contribution is 5.79. The monoisotopic (exact) mass is 377 g/mol. The molecule has 1 aliphatic carbocycles. The van der Waals surface area contributed by atoms with E-state index in [1.165, 1.54) is 10.1 Å². The van der Waals surface area contributed by atoms with Crippen LogP contribution < -0.4 is 16.6 Å². The van der Waals surface area contributed by atoms with Crippen LogP contribution >= 0.6 is 0 Å². The zero-order valence-corrected chi connectivity index (χ0v) is 15.8. The van der Waals surface area contributed by atoms with E-state index in [2.05, 4.69) is 34.6 Å². The molecule has 2 N–H and O–H groups in total. The highest BCUT2D eigenvalue weighted by atomic mass is 16.2. The average molecular weight is 377 g/mol. The van der Waals surface area contributed by atoms with Crippen LogP contribution in [0.5, 0.6) is 0 Å². The molecule has 1 atom stereocenters. The average Bonchev–Trinajstić information content (AvgIpc) is 3.52. The molecule has 6 heteroatoms. The number of nitrogens with zero attached hydrogens (tertiary/aromatic N) is 1. The molecule has 0 bridgehead atoms. The molecular weight excluding hydrogens is 354 g/mol. The minimum atomic E-state index is -0.492. The number of hydrogen-bond donors (Lipinski definition) is 2. The standard InChI is InChI=1S/C22H23N3O3/c1-14-6-8-15(9-7-14)20(16-10-11-16)23-19(26)12-13-25-18-5-3-2-4-17(18)21(27)24-22(25)28/h2-9,16,20H,10-13H2,1H3,(H,23,26)(H,24,27,28). The summed E-state index contributed by atoms with van der Waals surface area (Å²) in [4.78, 5) is 39.1. The van der Waals surface area contributed by atoms with E-state index in [9.17, 15) is 14.4 Å². The Bertz CT molecular complexity index is 1120. The molecular formula is C22H23N3O3. The van der Waals surface area contributed by atoms with Crippen LogP contribution in [-0.2, 0) is 11.3 Å². The number of carbonyl (C=O) groups is 1. The van der Waals surface area contributed by atoms with Crippen molar-refractivity contribution >= 4 is 16.8 Å². The van der Waals surface area contributed by atoms with Crippen LogP contribution in [0.25, 0.3) is 10.9 Å². The van der Waals surface area contributed by atoms with Crippen LogP contribution in [0.15, 0.2) is 58.1 Å². The Hall–Kier alpha value is -3.15. The Morgan fingerprint density at radius 3 is 2.57 bits per heavy atom. The van der Waals surface area contributed by atoms with Crippen molar-refractivity contribution in [3.8, 4) is 0 Å². The van der Waals surface area contributed by atoms with Gasteiger partial charge in [-0.3, -0.25) is 19.1 Å². The van der Waals surface area contributed by atoms with Crippen molar-refractivity contribution in [2.75, 3.05) is 0 Å². The molecule has 144 valence electrons. The fraction of sp³-hybridized carbons (Fsp3) is 0.318. The fourth-order valence-corrected chi connectivity index (χ4v) is 3.60. The first-order chi connectivity index (χ1) is 13.5. The topological polar surface area (TPSA) is 84.0 Å². The Labute approximate surface area is 162 Å². The van der Waals surface area contributed by atoms with Gasteiger partial charge >= 0.3 is 5.69 Å². The quantitative estimate of drug-likeness (QED) is 0.693. The molecule has 1 heterocycles. The first kappa shape index (κ1) is 18.2. The van der Waals surface area contributed by atoms with Crippen LogP contribution in [-0.4, -0.2) is 15.5 Å². The lowest BCUT2D eigenvalue weighted by molar-refractivity contribution is -0.122. The first-order valence-corrected chi connectivity index (χ1v) is 9.61. The summed E-state index contributed by atoms with van der Waals surface area (Å²) in [6.07, 6.45) is 2.40. The maximum atomic E-state index is 12.6. The molecule has 1 amide bonds. The summed E-state index contributed by atoms with van der Waals surface area (Å²) in [6.45, 7) is 2.26. The van der Waals surface area contributed by atoms with Crippen molar-refractivity contribution in [2.24, 2.45) is 5.92 Å². The zero-order chi connectivity index (χ0) is 19.7. The predicted molar refractivity (Wildman–Crippen MR) is 108 cm³/mol. The molecule has 1 unspecified atom stereocenters. The molecule has 1 aromatic heterocycles. The van der Waals surface area contributed by atoms with Gasteiger partial charge in [-0.05, 0) is 43.4 Å². The van der Waals surface area contributed by atoms with Crippen molar-refractivity contribution < 1.29 is 4.79 Å². The van der Waals surface area contributed by atoms with Gasteiger partial charge in [0.15, 0.2) is 0 Å². The van der Waals surface area contributed by atoms with Gasteiger partial charge in [0.1, 0.15) is 0 Å². The second kappa shape index (κ2) is 7.46. The van der Waals surface area contributed by atoms with E-state index in [1.54, 1.807) is 24.3 Å². The third-order valence-corrected chi connectivity index (χ3v) is 5.31. The molecule has 3 aromatic rings. The minimum absolute atomic E-state index is 0.0112. The summed E-state index contributed by atoms with van der Waals surface area (Å²) in [5, 5.41) is 3.58. The highest BCUT2D eigenvalue weighted by Gasteiger charge is 2.33. The first-order valence-electron chi connectivity index (χ1n) is 9.61. The number of para-hydroxylation sites is 1. The lowest BCUT2D eigenvalue weighted by atomic mass is 10.0. The van der Waals surface area contributed by atoms with Gasteiger partial charge in [0.25, 0.3) is 5.56 Å². The third-order valence-electron chi connectivity index (χ3n) is 5.31. The summed E-state index contributed by atoms with van der Waals surface area (Å²) in [5.41, 5.74) is 1.95. The van der Waals surface area contributed by atoms with Crippen LogP contribution in [0.4, 0.5) is 0 Å². The number of aryl methyl sites for hydroxylation is 2. The second-order valence-electron chi connectivity index (χ2n) is 7.47. The van der Waals surface area contributed by atoms with Gasteiger partial charge in [-0.2, -0.15) is 0 Å². The van der Waals surface area contributed by atoms with E-state index in [4.69, 9.17) is 0 Å². The summed E-state index contributed by atoms with van der Waals surface area (Å²) in [7, 11) is 0. The summed E-state index contributed by atoms with van der Waals surface area (Å²) in [6, 6.07) is 15.2. The Kier molecular flexibility index (Phi) is 4.86. The molecule has 1 saturated carbocycles. The van der Waals surface area contributed by atoms with Gasteiger partial charge in [0, 0.05) is 13.0 Å². The normalized spacial score (nSPS) is 14.8. The van der Waals surface area contributed by atoms with Crippen molar-refractivity contribution in [1.29, 1.82) is 0 Å². The Balaban J connectivity index is 1.50. The summed E-state index contributed by atoms with van der Waals surface area (Å²) < 4.78 is 1.45.